The first kappa shape index (κ1) is 11.9. The first-order valence-electron chi connectivity index (χ1n) is 7.21. The van der Waals surface area contributed by atoms with Crippen LogP contribution in [0, 0.1) is 0 Å². The highest BCUT2D eigenvalue weighted by Gasteiger charge is 2.38. The zero-order valence-corrected chi connectivity index (χ0v) is 11.7. The summed E-state index contributed by atoms with van der Waals surface area (Å²) in [7, 11) is 0. The van der Waals surface area contributed by atoms with Gasteiger partial charge in [-0.1, -0.05) is 11.3 Å². The number of anilines is 1. The molecule has 4 nitrogen and oxygen atoms in total. The minimum Gasteiger partial charge on any atom is -0.374 e. The van der Waals surface area contributed by atoms with Crippen LogP contribution in [0.25, 0.3) is 0 Å². The van der Waals surface area contributed by atoms with Gasteiger partial charge in [0.2, 0.25) is 0 Å². The number of aldehydes is 1. The maximum atomic E-state index is 11.2. The molecule has 2 saturated carbocycles. The Morgan fingerprint density at radius 3 is 3.00 bits per heavy atom. The number of ether oxygens (including phenoxy) is 1. The molecule has 2 unspecified atom stereocenters. The monoisotopic (exact) mass is 278 g/mol. The van der Waals surface area contributed by atoms with Crippen molar-refractivity contribution < 1.29 is 9.53 Å². The molecule has 19 heavy (non-hydrogen) atoms. The van der Waals surface area contributed by atoms with Crippen molar-refractivity contribution in [1.82, 2.24) is 4.98 Å². The predicted molar refractivity (Wildman–Crippen MR) is 74.2 cm³/mol. The summed E-state index contributed by atoms with van der Waals surface area (Å²) in [5, 5.41) is 1.05. The molecule has 3 aliphatic rings. The van der Waals surface area contributed by atoms with Crippen molar-refractivity contribution >= 4 is 22.8 Å². The molecule has 0 bridgehead atoms. The Kier molecular flexibility index (Phi) is 2.84. The minimum absolute atomic E-state index is 0.377. The van der Waals surface area contributed by atoms with Crippen molar-refractivity contribution in [1.29, 1.82) is 0 Å². The normalized spacial score (nSPS) is 30.4. The molecule has 0 amide bonds. The zero-order valence-electron chi connectivity index (χ0n) is 10.9. The number of morpholine rings is 1. The van der Waals surface area contributed by atoms with E-state index < -0.39 is 0 Å². The van der Waals surface area contributed by atoms with E-state index >= 15 is 0 Å². The third kappa shape index (κ3) is 1.99. The van der Waals surface area contributed by atoms with Crippen LogP contribution in [-0.2, 0) is 4.74 Å². The lowest BCUT2D eigenvalue weighted by Gasteiger charge is -2.37. The minimum atomic E-state index is 0.377. The highest BCUT2D eigenvalue weighted by molar-refractivity contribution is 7.17. The van der Waals surface area contributed by atoms with Gasteiger partial charge in [-0.05, 0) is 32.1 Å². The summed E-state index contributed by atoms with van der Waals surface area (Å²) in [5.41, 5.74) is 1.05. The average molecular weight is 278 g/mol. The van der Waals surface area contributed by atoms with Crippen molar-refractivity contribution in [3.63, 3.8) is 0 Å². The van der Waals surface area contributed by atoms with Crippen LogP contribution in [0.3, 0.4) is 0 Å². The van der Waals surface area contributed by atoms with Crippen molar-refractivity contribution in [3.8, 4) is 0 Å². The van der Waals surface area contributed by atoms with Gasteiger partial charge < -0.3 is 9.64 Å². The molecule has 3 fully saturated rings. The van der Waals surface area contributed by atoms with Gasteiger partial charge in [-0.3, -0.25) is 4.79 Å². The van der Waals surface area contributed by atoms with Crippen LogP contribution in [0.2, 0.25) is 0 Å². The van der Waals surface area contributed by atoms with Gasteiger partial charge >= 0.3 is 0 Å². The summed E-state index contributed by atoms with van der Waals surface area (Å²) in [5.74, 6) is 0.547. The highest BCUT2D eigenvalue weighted by atomic mass is 32.1. The molecule has 0 N–H and O–H groups in total. The summed E-state index contributed by atoms with van der Waals surface area (Å²) in [6.07, 6.45) is 7.36. The predicted octanol–water partition coefficient (Wildman–Crippen LogP) is 2.59. The van der Waals surface area contributed by atoms with Gasteiger partial charge in [-0.25, -0.2) is 4.98 Å². The fourth-order valence-electron chi connectivity index (χ4n) is 3.35. The molecule has 1 saturated heterocycles. The van der Waals surface area contributed by atoms with Gasteiger partial charge in [0.05, 0.1) is 29.3 Å². The van der Waals surface area contributed by atoms with Gasteiger partial charge in [-0.2, -0.15) is 0 Å². The molecule has 0 radical (unpaired) electrons. The van der Waals surface area contributed by atoms with Gasteiger partial charge in [0.1, 0.15) is 0 Å². The second-order valence-corrected chi connectivity index (χ2v) is 6.75. The standard InChI is InChI=1S/C14H18N2O2S/c17-8-12-13(9-4-5-9)15-14(19-12)16-6-7-18-11-3-1-2-10(11)16/h8-11H,1-7H2. The number of fused-ring (bicyclic) bond motifs is 1. The van der Waals surface area contributed by atoms with E-state index in [4.69, 9.17) is 9.72 Å². The summed E-state index contributed by atoms with van der Waals surface area (Å²) in [4.78, 5) is 19.2. The maximum Gasteiger partial charge on any atom is 0.186 e. The van der Waals surface area contributed by atoms with Crippen LogP contribution < -0.4 is 4.90 Å². The molecular formula is C14H18N2O2S. The van der Waals surface area contributed by atoms with E-state index in [9.17, 15) is 4.79 Å². The topological polar surface area (TPSA) is 42.4 Å². The first-order valence-corrected chi connectivity index (χ1v) is 8.02. The quantitative estimate of drug-likeness (QED) is 0.797. The third-order valence-corrected chi connectivity index (χ3v) is 5.50. The second kappa shape index (κ2) is 4.56. The molecule has 1 aromatic heterocycles. The zero-order chi connectivity index (χ0) is 12.8. The van der Waals surface area contributed by atoms with Crippen molar-refractivity contribution in [3.05, 3.63) is 10.6 Å². The van der Waals surface area contributed by atoms with Crippen LogP contribution in [0.15, 0.2) is 0 Å². The smallest absolute Gasteiger partial charge is 0.186 e. The lowest BCUT2D eigenvalue weighted by molar-refractivity contribution is 0.0256. The summed E-state index contributed by atoms with van der Waals surface area (Å²) < 4.78 is 5.84. The Labute approximate surface area is 116 Å². The summed E-state index contributed by atoms with van der Waals surface area (Å²) >= 11 is 1.57. The van der Waals surface area contributed by atoms with Gasteiger partial charge in [0.15, 0.2) is 11.4 Å². The summed E-state index contributed by atoms with van der Waals surface area (Å²) in [6.45, 7) is 1.70. The van der Waals surface area contributed by atoms with Crippen LogP contribution >= 0.6 is 11.3 Å². The maximum absolute atomic E-state index is 11.2. The van der Waals surface area contributed by atoms with Crippen LogP contribution in [0.1, 0.15) is 53.4 Å². The SMILES string of the molecule is O=Cc1sc(N2CCOC3CCCC32)nc1C1CC1. The van der Waals surface area contributed by atoms with Crippen LogP contribution in [-0.4, -0.2) is 36.6 Å². The van der Waals surface area contributed by atoms with Crippen LogP contribution in [0.5, 0.6) is 0 Å². The number of nitrogens with zero attached hydrogens (tertiary/aromatic N) is 2. The van der Waals surface area contributed by atoms with Crippen molar-refractivity contribution in [2.24, 2.45) is 0 Å². The molecule has 5 heteroatoms. The van der Waals surface area contributed by atoms with Crippen molar-refractivity contribution in [2.75, 3.05) is 18.1 Å². The van der Waals surface area contributed by atoms with Gasteiger partial charge in [0, 0.05) is 12.5 Å². The molecule has 0 spiro atoms. The van der Waals surface area contributed by atoms with E-state index in [2.05, 4.69) is 4.90 Å². The van der Waals surface area contributed by atoms with Crippen LogP contribution in [0.4, 0.5) is 5.13 Å². The Balaban J connectivity index is 1.65. The summed E-state index contributed by atoms with van der Waals surface area (Å²) in [6, 6.07) is 0.478. The largest absolute Gasteiger partial charge is 0.374 e. The lowest BCUT2D eigenvalue weighted by Crippen LogP contribution is -2.48. The van der Waals surface area contributed by atoms with Crippen molar-refractivity contribution in [2.45, 2.75) is 50.2 Å². The molecule has 102 valence electrons. The highest BCUT2D eigenvalue weighted by Crippen LogP contribution is 2.44. The van der Waals surface area contributed by atoms with E-state index in [1.807, 2.05) is 0 Å². The molecule has 4 rings (SSSR count). The molecule has 1 aromatic rings. The molecule has 2 aliphatic carbocycles. The number of carbonyl (C=O) groups is 1. The van der Waals surface area contributed by atoms with Gasteiger partial charge in [-0.15, -0.1) is 0 Å². The van der Waals surface area contributed by atoms with E-state index in [1.165, 1.54) is 32.1 Å². The fourth-order valence-corrected chi connectivity index (χ4v) is 4.40. The number of rotatable bonds is 3. The Morgan fingerprint density at radius 2 is 2.21 bits per heavy atom. The Bertz CT molecular complexity index is 498. The second-order valence-electron chi connectivity index (χ2n) is 5.74. The van der Waals surface area contributed by atoms with E-state index in [0.29, 0.717) is 18.1 Å². The molecule has 2 heterocycles. The number of thiazole rings is 1. The van der Waals surface area contributed by atoms with Gasteiger partial charge in [0.25, 0.3) is 0 Å². The number of aromatic nitrogens is 1. The first-order chi connectivity index (χ1) is 9.36. The molecule has 0 aromatic carbocycles. The molecule has 1 aliphatic heterocycles. The number of hydrogen-bond acceptors (Lipinski definition) is 5. The molecular weight excluding hydrogens is 260 g/mol. The Morgan fingerprint density at radius 1 is 1.32 bits per heavy atom. The third-order valence-electron chi connectivity index (χ3n) is 4.47. The van der Waals surface area contributed by atoms with E-state index in [-0.39, 0.29) is 0 Å². The number of hydrogen-bond donors (Lipinski definition) is 0. The number of carbonyl (C=O) groups excluding carboxylic acids is 1. The Hall–Kier alpha value is -0.940. The average Bonchev–Trinajstić information content (AvgIpc) is 3.02. The molecule has 2 atom stereocenters. The lowest BCUT2D eigenvalue weighted by atomic mass is 10.1. The van der Waals surface area contributed by atoms with E-state index in [0.717, 1.165) is 35.1 Å². The van der Waals surface area contributed by atoms with E-state index in [1.54, 1.807) is 11.3 Å². The fraction of sp³-hybridized carbons (Fsp3) is 0.714.